The monoisotopic (exact) mass is 328 g/mol. The van der Waals surface area contributed by atoms with E-state index in [1.807, 2.05) is 0 Å². The number of non-ortho nitro benzene ring substituents is 1. The molecule has 3 rings (SSSR count). The van der Waals surface area contributed by atoms with Crippen molar-refractivity contribution in [1.29, 1.82) is 0 Å². The second-order valence-electron chi connectivity index (χ2n) is 4.94. The number of nitro benzene ring substituents is 1. The van der Waals surface area contributed by atoms with Crippen LogP contribution in [0, 0.1) is 10.1 Å². The van der Waals surface area contributed by atoms with Crippen LogP contribution in [0.25, 0.3) is 11.4 Å². The molecule has 0 aliphatic heterocycles. The Morgan fingerprint density at radius 2 is 2.25 bits per heavy atom. The van der Waals surface area contributed by atoms with Gasteiger partial charge >= 0.3 is 0 Å². The van der Waals surface area contributed by atoms with Crippen molar-refractivity contribution in [3.63, 3.8) is 0 Å². The van der Waals surface area contributed by atoms with Crippen LogP contribution < -0.4 is 5.32 Å². The number of aromatic nitrogens is 4. The first kappa shape index (κ1) is 15.3. The van der Waals surface area contributed by atoms with Crippen LogP contribution in [0.2, 0.25) is 0 Å². The average Bonchev–Trinajstić information content (AvgIpc) is 3.26. The van der Waals surface area contributed by atoms with Gasteiger partial charge in [-0.1, -0.05) is 17.3 Å². The molecular weight excluding hydrogens is 316 g/mol. The van der Waals surface area contributed by atoms with Gasteiger partial charge in [-0.3, -0.25) is 14.9 Å². The van der Waals surface area contributed by atoms with Gasteiger partial charge < -0.3 is 14.8 Å². The second kappa shape index (κ2) is 6.28. The Labute approximate surface area is 135 Å². The predicted octanol–water partition coefficient (Wildman–Crippen LogP) is 1.86. The fraction of sp³-hybridized carbons (Fsp3) is 0.143. The van der Waals surface area contributed by atoms with Crippen molar-refractivity contribution in [2.45, 2.75) is 13.0 Å². The van der Waals surface area contributed by atoms with Crippen LogP contribution in [0.15, 0.2) is 41.4 Å². The highest BCUT2D eigenvalue weighted by atomic mass is 16.6. The minimum absolute atomic E-state index is 0.0550. The molecular formula is C14H12N6O4. The van der Waals surface area contributed by atoms with Crippen LogP contribution in [0.3, 0.4) is 0 Å². The molecule has 2 N–H and O–H groups in total. The summed E-state index contributed by atoms with van der Waals surface area (Å²) in [4.78, 5) is 33.3. The molecule has 1 atom stereocenters. The Bertz CT molecular complexity index is 873. The van der Waals surface area contributed by atoms with Crippen molar-refractivity contribution in [2.75, 3.05) is 0 Å². The number of carbonyl (C=O) groups excluding carboxylic acids is 1. The van der Waals surface area contributed by atoms with Crippen LogP contribution in [-0.2, 0) is 0 Å². The van der Waals surface area contributed by atoms with Gasteiger partial charge in [-0.2, -0.15) is 4.98 Å². The van der Waals surface area contributed by atoms with E-state index in [1.54, 1.807) is 19.1 Å². The number of hydrogen-bond donors (Lipinski definition) is 2. The molecule has 0 aliphatic rings. The van der Waals surface area contributed by atoms with E-state index in [-0.39, 0.29) is 11.4 Å². The topological polar surface area (TPSA) is 140 Å². The highest BCUT2D eigenvalue weighted by Crippen LogP contribution is 2.21. The van der Waals surface area contributed by atoms with E-state index in [0.717, 1.165) is 0 Å². The summed E-state index contributed by atoms with van der Waals surface area (Å²) in [7, 11) is 0. The maximum Gasteiger partial charge on any atom is 0.270 e. The minimum Gasteiger partial charge on any atom is -0.343 e. The number of rotatable bonds is 5. The van der Waals surface area contributed by atoms with Gasteiger partial charge in [0.2, 0.25) is 6.39 Å². The molecule has 0 spiro atoms. The van der Waals surface area contributed by atoms with Gasteiger partial charge in [0.15, 0.2) is 5.82 Å². The molecule has 3 aromatic rings. The largest absolute Gasteiger partial charge is 0.343 e. The van der Waals surface area contributed by atoms with Gasteiger partial charge in [-0.05, 0) is 6.92 Å². The van der Waals surface area contributed by atoms with Crippen molar-refractivity contribution < 1.29 is 14.2 Å². The predicted molar refractivity (Wildman–Crippen MR) is 80.9 cm³/mol. The maximum absolute atomic E-state index is 12.2. The SMILES string of the molecule is C[C@@H](NC(=O)c1cnc(-c2cccc([N+](=O)[O-])c2)[nH]1)c1ncon1. The van der Waals surface area contributed by atoms with E-state index in [0.29, 0.717) is 17.2 Å². The molecule has 0 unspecified atom stereocenters. The van der Waals surface area contributed by atoms with Crippen LogP contribution in [0.4, 0.5) is 5.69 Å². The Morgan fingerprint density at radius 1 is 1.42 bits per heavy atom. The number of amides is 1. The average molecular weight is 328 g/mol. The zero-order valence-corrected chi connectivity index (χ0v) is 12.5. The lowest BCUT2D eigenvalue weighted by molar-refractivity contribution is -0.384. The fourth-order valence-electron chi connectivity index (χ4n) is 2.06. The number of benzene rings is 1. The summed E-state index contributed by atoms with van der Waals surface area (Å²) >= 11 is 0. The molecule has 0 radical (unpaired) electrons. The number of H-pyrrole nitrogens is 1. The number of nitro groups is 1. The summed E-state index contributed by atoms with van der Waals surface area (Å²) in [6.07, 6.45) is 2.53. The first-order chi connectivity index (χ1) is 11.5. The van der Waals surface area contributed by atoms with E-state index < -0.39 is 16.9 Å². The molecule has 2 heterocycles. The maximum atomic E-state index is 12.2. The Kier molecular flexibility index (Phi) is 4.01. The molecule has 122 valence electrons. The Hall–Kier alpha value is -3.56. The van der Waals surface area contributed by atoms with Crippen molar-refractivity contribution in [3.8, 4) is 11.4 Å². The molecule has 0 aliphatic carbocycles. The summed E-state index contributed by atoms with van der Waals surface area (Å²) in [5.74, 6) is 0.300. The lowest BCUT2D eigenvalue weighted by Crippen LogP contribution is -2.27. The molecule has 10 nitrogen and oxygen atoms in total. The molecule has 0 bridgehead atoms. The van der Waals surface area contributed by atoms with Crippen molar-refractivity contribution in [2.24, 2.45) is 0 Å². The molecule has 2 aromatic heterocycles. The summed E-state index contributed by atoms with van der Waals surface area (Å²) < 4.78 is 4.63. The summed E-state index contributed by atoms with van der Waals surface area (Å²) in [6, 6.07) is 5.53. The number of aromatic amines is 1. The Balaban J connectivity index is 1.76. The number of nitrogens with one attached hydrogen (secondary N) is 2. The first-order valence-electron chi connectivity index (χ1n) is 6.91. The molecule has 0 saturated heterocycles. The molecule has 0 saturated carbocycles. The smallest absolute Gasteiger partial charge is 0.270 e. The van der Waals surface area contributed by atoms with Crippen molar-refractivity contribution in [3.05, 3.63) is 58.5 Å². The van der Waals surface area contributed by atoms with Crippen LogP contribution >= 0.6 is 0 Å². The van der Waals surface area contributed by atoms with Crippen LogP contribution in [-0.4, -0.2) is 30.9 Å². The van der Waals surface area contributed by atoms with Gasteiger partial charge in [0.25, 0.3) is 11.6 Å². The highest BCUT2D eigenvalue weighted by molar-refractivity contribution is 5.92. The van der Waals surface area contributed by atoms with Crippen molar-refractivity contribution in [1.82, 2.24) is 25.4 Å². The van der Waals surface area contributed by atoms with E-state index in [1.165, 1.54) is 24.7 Å². The van der Waals surface area contributed by atoms with Gasteiger partial charge in [0.05, 0.1) is 17.2 Å². The van der Waals surface area contributed by atoms with E-state index in [9.17, 15) is 14.9 Å². The highest BCUT2D eigenvalue weighted by Gasteiger charge is 2.17. The summed E-state index contributed by atoms with van der Waals surface area (Å²) in [5, 5.41) is 17.2. The van der Waals surface area contributed by atoms with E-state index in [2.05, 4.69) is 29.9 Å². The molecule has 1 aromatic carbocycles. The zero-order chi connectivity index (χ0) is 17.1. The van der Waals surface area contributed by atoms with Gasteiger partial charge in [0.1, 0.15) is 11.5 Å². The third kappa shape index (κ3) is 3.11. The third-order valence-electron chi connectivity index (χ3n) is 3.26. The van der Waals surface area contributed by atoms with Crippen molar-refractivity contribution >= 4 is 11.6 Å². The normalized spacial score (nSPS) is 11.9. The van der Waals surface area contributed by atoms with Gasteiger partial charge in [-0.25, -0.2) is 4.98 Å². The van der Waals surface area contributed by atoms with Gasteiger partial charge in [-0.15, -0.1) is 0 Å². The standard InChI is InChI=1S/C14H12N6O4/c1-8(12-16-7-24-19-12)17-14(21)11-6-15-13(18-11)9-3-2-4-10(5-9)20(22)23/h2-8H,1H3,(H,15,18)(H,17,21)/t8-/m1/s1. The summed E-state index contributed by atoms with van der Waals surface area (Å²) in [5.41, 5.74) is 0.668. The Morgan fingerprint density at radius 3 is 2.96 bits per heavy atom. The summed E-state index contributed by atoms with van der Waals surface area (Å²) in [6.45, 7) is 1.71. The van der Waals surface area contributed by atoms with E-state index in [4.69, 9.17) is 0 Å². The molecule has 24 heavy (non-hydrogen) atoms. The number of imidazole rings is 1. The third-order valence-corrected chi connectivity index (χ3v) is 3.26. The molecule has 10 heteroatoms. The lowest BCUT2D eigenvalue weighted by Gasteiger charge is -2.08. The zero-order valence-electron chi connectivity index (χ0n) is 12.5. The van der Waals surface area contributed by atoms with Crippen LogP contribution in [0.1, 0.15) is 29.3 Å². The second-order valence-corrected chi connectivity index (χ2v) is 4.94. The van der Waals surface area contributed by atoms with E-state index >= 15 is 0 Å². The van der Waals surface area contributed by atoms with Gasteiger partial charge in [0, 0.05) is 17.7 Å². The quantitative estimate of drug-likeness (QED) is 0.538. The molecule has 1 amide bonds. The minimum atomic E-state index is -0.493. The number of carbonyl (C=O) groups is 1. The fourth-order valence-corrected chi connectivity index (χ4v) is 2.06. The number of hydrogen-bond acceptors (Lipinski definition) is 7. The molecule has 0 fully saturated rings. The lowest BCUT2D eigenvalue weighted by atomic mass is 10.2. The van der Waals surface area contributed by atoms with Crippen LogP contribution in [0.5, 0.6) is 0 Å². The first-order valence-corrected chi connectivity index (χ1v) is 6.91. The number of nitrogens with zero attached hydrogens (tertiary/aromatic N) is 4.